The number of nitrogens with one attached hydrogen (secondary N) is 1. The average molecular weight is 241 g/mol. The number of hydrogen-bond donors (Lipinski definition) is 2. The maximum Gasteiger partial charge on any atom is 0.223 e. The van der Waals surface area contributed by atoms with Crippen molar-refractivity contribution in [2.24, 2.45) is 17.8 Å². The number of rotatable bonds is 3. The third kappa shape index (κ3) is 1.86. The van der Waals surface area contributed by atoms with Crippen LogP contribution in [-0.4, -0.2) is 34.7 Å². The van der Waals surface area contributed by atoms with Crippen LogP contribution >= 0.6 is 11.8 Å². The van der Waals surface area contributed by atoms with Crippen molar-refractivity contribution in [3.63, 3.8) is 0 Å². The van der Waals surface area contributed by atoms with Crippen LogP contribution in [0.1, 0.15) is 25.7 Å². The minimum Gasteiger partial charge on any atom is -0.387 e. The Morgan fingerprint density at radius 2 is 2.19 bits per heavy atom. The predicted octanol–water partition coefficient (Wildman–Crippen LogP) is 1.02. The molecule has 3 atom stereocenters. The van der Waals surface area contributed by atoms with Gasteiger partial charge in [0.1, 0.15) is 0 Å². The predicted molar refractivity (Wildman–Crippen MR) is 64.2 cm³/mol. The van der Waals surface area contributed by atoms with Crippen molar-refractivity contribution < 1.29 is 9.90 Å². The highest BCUT2D eigenvalue weighted by atomic mass is 32.2. The van der Waals surface area contributed by atoms with E-state index in [0.29, 0.717) is 18.4 Å². The Kier molecular flexibility index (Phi) is 2.67. The van der Waals surface area contributed by atoms with Crippen LogP contribution in [0.4, 0.5) is 0 Å². The lowest BCUT2D eigenvalue weighted by molar-refractivity contribution is -0.124. The lowest BCUT2D eigenvalue weighted by Crippen LogP contribution is -2.43. The van der Waals surface area contributed by atoms with Gasteiger partial charge in [-0.3, -0.25) is 4.79 Å². The van der Waals surface area contributed by atoms with E-state index in [1.165, 1.54) is 19.3 Å². The Morgan fingerprint density at radius 3 is 2.81 bits per heavy atom. The highest BCUT2D eigenvalue weighted by Crippen LogP contribution is 2.57. The first-order valence-electron chi connectivity index (χ1n) is 6.27. The summed E-state index contributed by atoms with van der Waals surface area (Å²) in [5, 5.41) is 13.1. The number of fused-ring (bicyclic) bond motifs is 1. The zero-order valence-electron chi connectivity index (χ0n) is 9.45. The minimum atomic E-state index is -0.635. The van der Waals surface area contributed by atoms with Gasteiger partial charge in [0.15, 0.2) is 0 Å². The van der Waals surface area contributed by atoms with Crippen molar-refractivity contribution in [1.82, 2.24) is 5.32 Å². The van der Waals surface area contributed by atoms with Crippen LogP contribution in [0.3, 0.4) is 0 Å². The summed E-state index contributed by atoms with van der Waals surface area (Å²) < 4.78 is 0. The summed E-state index contributed by atoms with van der Waals surface area (Å²) in [6, 6.07) is 0. The van der Waals surface area contributed by atoms with Crippen LogP contribution < -0.4 is 5.32 Å². The molecule has 0 spiro atoms. The molecule has 16 heavy (non-hydrogen) atoms. The second-order valence-corrected chi connectivity index (χ2v) is 6.63. The van der Waals surface area contributed by atoms with Crippen LogP contribution in [0, 0.1) is 17.8 Å². The average Bonchev–Trinajstić information content (AvgIpc) is 2.70. The van der Waals surface area contributed by atoms with Crippen LogP contribution in [0.15, 0.2) is 0 Å². The summed E-state index contributed by atoms with van der Waals surface area (Å²) in [7, 11) is 0. The fourth-order valence-corrected chi connectivity index (χ4v) is 4.61. The summed E-state index contributed by atoms with van der Waals surface area (Å²) in [4.78, 5) is 11.9. The fraction of sp³-hybridized carbons (Fsp3) is 0.917. The Labute approximate surface area is 100 Å². The monoisotopic (exact) mass is 241 g/mol. The highest BCUT2D eigenvalue weighted by Gasteiger charge is 2.56. The Balaban J connectivity index is 1.47. The van der Waals surface area contributed by atoms with E-state index in [1.807, 2.05) is 0 Å². The van der Waals surface area contributed by atoms with Gasteiger partial charge in [-0.25, -0.2) is 0 Å². The SMILES string of the molecule is O=C(NCC1(O)CCSC1)C1C2CCCC21. The molecule has 2 aliphatic carbocycles. The van der Waals surface area contributed by atoms with Crippen molar-refractivity contribution in [2.75, 3.05) is 18.1 Å². The Hall–Kier alpha value is -0.220. The van der Waals surface area contributed by atoms with E-state index in [4.69, 9.17) is 0 Å². The molecule has 3 unspecified atom stereocenters. The van der Waals surface area contributed by atoms with Gasteiger partial charge in [0.25, 0.3) is 0 Å². The maximum absolute atomic E-state index is 11.9. The second kappa shape index (κ2) is 3.91. The largest absolute Gasteiger partial charge is 0.387 e. The summed E-state index contributed by atoms with van der Waals surface area (Å²) in [6.45, 7) is 0.453. The van der Waals surface area contributed by atoms with Gasteiger partial charge in [0.05, 0.1) is 5.60 Å². The molecule has 0 bridgehead atoms. The van der Waals surface area contributed by atoms with Crippen LogP contribution in [0.2, 0.25) is 0 Å². The van der Waals surface area contributed by atoms with Crippen LogP contribution in [0.5, 0.6) is 0 Å². The zero-order chi connectivity index (χ0) is 11.2. The van der Waals surface area contributed by atoms with Crippen LogP contribution in [0.25, 0.3) is 0 Å². The molecule has 3 aliphatic rings. The number of aliphatic hydroxyl groups is 1. The van der Waals surface area contributed by atoms with Crippen molar-refractivity contribution in [2.45, 2.75) is 31.3 Å². The number of carbonyl (C=O) groups is 1. The maximum atomic E-state index is 11.9. The molecule has 4 heteroatoms. The van der Waals surface area contributed by atoms with E-state index in [1.54, 1.807) is 11.8 Å². The number of hydrogen-bond acceptors (Lipinski definition) is 3. The first kappa shape index (κ1) is 10.9. The summed E-state index contributed by atoms with van der Waals surface area (Å²) in [5.41, 5.74) is -0.635. The van der Waals surface area contributed by atoms with Crippen molar-refractivity contribution in [3.05, 3.63) is 0 Å². The fourth-order valence-electron chi connectivity index (χ4n) is 3.32. The third-order valence-corrected chi connectivity index (χ3v) is 5.62. The highest BCUT2D eigenvalue weighted by molar-refractivity contribution is 7.99. The van der Waals surface area contributed by atoms with E-state index in [0.717, 1.165) is 17.9 Å². The Morgan fingerprint density at radius 1 is 1.44 bits per heavy atom. The smallest absolute Gasteiger partial charge is 0.223 e. The molecule has 3 nitrogen and oxygen atoms in total. The van der Waals surface area contributed by atoms with E-state index in [-0.39, 0.29) is 11.8 Å². The lowest BCUT2D eigenvalue weighted by atomic mass is 10.0. The third-order valence-electron chi connectivity index (χ3n) is 4.38. The quantitative estimate of drug-likeness (QED) is 0.775. The Bertz CT molecular complexity index is 291. The summed E-state index contributed by atoms with van der Waals surface area (Å²) >= 11 is 1.77. The van der Waals surface area contributed by atoms with E-state index in [2.05, 4.69) is 5.32 Å². The molecule has 3 rings (SSSR count). The second-order valence-electron chi connectivity index (χ2n) is 5.53. The van der Waals surface area contributed by atoms with Gasteiger partial charge in [-0.15, -0.1) is 0 Å². The van der Waals surface area contributed by atoms with E-state index >= 15 is 0 Å². The molecule has 90 valence electrons. The van der Waals surface area contributed by atoms with E-state index < -0.39 is 5.60 Å². The molecule has 1 heterocycles. The molecule has 1 saturated heterocycles. The lowest BCUT2D eigenvalue weighted by Gasteiger charge is -2.21. The normalized spacial score (nSPS) is 45.4. The molecule has 3 fully saturated rings. The van der Waals surface area contributed by atoms with Gasteiger partial charge in [-0.2, -0.15) is 11.8 Å². The topological polar surface area (TPSA) is 49.3 Å². The van der Waals surface area contributed by atoms with Gasteiger partial charge >= 0.3 is 0 Å². The molecule has 2 N–H and O–H groups in total. The number of thioether (sulfide) groups is 1. The molecule has 1 aliphatic heterocycles. The first-order valence-corrected chi connectivity index (χ1v) is 7.43. The van der Waals surface area contributed by atoms with Gasteiger partial charge in [-0.1, -0.05) is 6.42 Å². The molecular weight excluding hydrogens is 222 g/mol. The molecular formula is C12H19NO2S. The van der Waals surface area contributed by atoms with Gasteiger partial charge in [0.2, 0.25) is 5.91 Å². The summed E-state index contributed by atoms with van der Waals surface area (Å²) in [5.74, 6) is 3.61. The zero-order valence-corrected chi connectivity index (χ0v) is 10.3. The van der Waals surface area contributed by atoms with Gasteiger partial charge < -0.3 is 10.4 Å². The van der Waals surface area contributed by atoms with E-state index in [9.17, 15) is 9.90 Å². The molecule has 0 aromatic heterocycles. The van der Waals surface area contributed by atoms with Crippen LogP contribution in [-0.2, 0) is 4.79 Å². The number of amides is 1. The number of carbonyl (C=O) groups excluding carboxylic acids is 1. The first-order chi connectivity index (χ1) is 7.70. The molecule has 0 radical (unpaired) electrons. The van der Waals surface area contributed by atoms with Gasteiger partial charge in [0, 0.05) is 18.2 Å². The standard InChI is InChI=1S/C12H19NO2S/c14-11(10-8-2-1-3-9(8)10)13-6-12(15)4-5-16-7-12/h8-10,15H,1-7H2,(H,13,14). The van der Waals surface area contributed by atoms with Crippen molar-refractivity contribution in [1.29, 1.82) is 0 Å². The van der Waals surface area contributed by atoms with Gasteiger partial charge in [-0.05, 0) is 36.9 Å². The molecule has 0 aromatic carbocycles. The molecule has 0 aromatic rings. The summed E-state index contributed by atoms with van der Waals surface area (Å²) in [6.07, 6.45) is 4.60. The minimum absolute atomic E-state index is 0.194. The molecule has 1 amide bonds. The van der Waals surface area contributed by atoms with Crippen molar-refractivity contribution in [3.8, 4) is 0 Å². The molecule has 2 saturated carbocycles. The van der Waals surface area contributed by atoms with Crippen molar-refractivity contribution >= 4 is 17.7 Å².